The second kappa shape index (κ2) is 5.92. The van der Waals surface area contributed by atoms with E-state index >= 15 is 0 Å². The predicted molar refractivity (Wildman–Crippen MR) is 80.7 cm³/mol. The first kappa shape index (κ1) is 15.0. The van der Waals surface area contributed by atoms with E-state index in [9.17, 15) is 15.3 Å². The van der Waals surface area contributed by atoms with Crippen molar-refractivity contribution in [1.82, 2.24) is 4.98 Å². The number of pyridine rings is 1. The van der Waals surface area contributed by atoms with Crippen LogP contribution in [0.2, 0.25) is 5.02 Å². The van der Waals surface area contributed by atoms with Crippen molar-refractivity contribution in [3.63, 3.8) is 0 Å². The number of carbonyl (C=O) groups excluding carboxylic acids is 1. The second-order valence-electron chi connectivity index (χ2n) is 3.98. The maximum atomic E-state index is 12.6. The molecule has 0 saturated heterocycles. The van der Waals surface area contributed by atoms with Crippen molar-refractivity contribution < 1.29 is 4.79 Å². The highest BCUT2D eigenvalue weighted by Gasteiger charge is 2.24. The molecule has 0 aliphatic heterocycles. The Morgan fingerprint density at radius 2 is 1.95 bits per heavy atom. The number of ketones is 1. The molecule has 2 N–H and O–H groups in total. The van der Waals surface area contributed by atoms with Gasteiger partial charge in [-0.2, -0.15) is 10.5 Å². The molecule has 0 aliphatic carbocycles. The van der Waals surface area contributed by atoms with E-state index in [1.54, 1.807) is 18.2 Å². The lowest BCUT2D eigenvalue weighted by Gasteiger charge is -2.09. The minimum atomic E-state index is -0.514. The number of nitriles is 2. The summed E-state index contributed by atoms with van der Waals surface area (Å²) >= 11 is 8.93. The highest BCUT2D eigenvalue weighted by atomic mass is 79.9. The molecule has 0 radical (unpaired) electrons. The van der Waals surface area contributed by atoms with E-state index in [2.05, 4.69) is 20.9 Å². The monoisotopic (exact) mass is 360 g/mol. The Morgan fingerprint density at radius 3 is 2.52 bits per heavy atom. The van der Waals surface area contributed by atoms with Gasteiger partial charge in [-0.25, -0.2) is 4.98 Å². The lowest BCUT2D eigenvalue weighted by molar-refractivity contribution is 0.103. The molecule has 0 atom stereocenters. The van der Waals surface area contributed by atoms with Gasteiger partial charge < -0.3 is 5.73 Å². The zero-order chi connectivity index (χ0) is 15.6. The normalized spacial score (nSPS) is 9.71. The van der Waals surface area contributed by atoms with Crippen LogP contribution in [-0.2, 0) is 0 Å². The lowest BCUT2D eigenvalue weighted by Crippen LogP contribution is -2.11. The summed E-state index contributed by atoms with van der Waals surface area (Å²) in [6.07, 6.45) is 0. The van der Waals surface area contributed by atoms with E-state index in [-0.39, 0.29) is 32.7 Å². The Labute approximate surface area is 133 Å². The molecule has 0 spiro atoms. The molecule has 1 aromatic heterocycles. The van der Waals surface area contributed by atoms with Gasteiger partial charge in [-0.1, -0.05) is 23.7 Å². The first-order chi connectivity index (χ1) is 9.99. The number of carbonyl (C=O) groups is 1. The molecule has 5 nitrogen and oxygen atoms in total. The fraction of sp³-hybridized carbons (Fsp3) is 0. The number of hydrogen-bond acceptors (Lipinski definition) is 5. The van der Waals surface area contributed by atoms with Gasteiger partial charge in [0.2, 0.25) is 0 Å². The molecule has 102 valence electrons. The number of nitrogens with zero attached hydrogens (tertiary/aromatic N) is 3. The first-order valence-corrected chi connectivity index (χ1v) is 6.76. The molecule has 0 bridgehead atoms. The standard InChI is InChI=1S/C14H6BrClN4O/c15-13-9(5-17)11(10(6-18)14(19)20-13)12(21)7-2-1-3-8(16)4-7/h1-4H,(H2,19,20). The molecular weight excluding hydrogens is 356 g/mol. The summed E-state index contributed by atoms with van der Waals surface area (Å²) in [5, 5.41) is 18.8. The largest absolute Gasteiger partial charge is 0.383 e. The summed E-state index contributed by atoms with van der Waals surface area (Å²) in [5.41, 5.74) is 5.66. The van der Waals surface area contributed by atoms with Gasteiger partial charge in [0.15, 0.2) is 5.78 Å². The third-order valence-electron chi connectivity index (χ3n) is 2.72. The molecule has 0 unspecified atom stereocenters. The van der Waals surface area contributed by atoms with Crippen LogP contribution in [0.15, 0.2) is 28.9 Å². The van der Waals surface area contributed by atoms with Gasteiger partial charge in [-0.15, -0.1) is 0 Å². The summed E-state index contributed by atoms with van der Waals surface area (Å²) in [7, 11) is 0. The fourth-order valence-electron chi connectivity index (χ4n) is 1.79. The van der Waals surface area contributed by atoms with Crippen LogP contribution in [0.1, 0.15) is 27.0 Å². The molecule has 0 fully saturated rings. The molecule has 7 heteroatoms. The molecule has 0 saturated carbocycles. The average molecular weight is 362 g/mol. The molecule has 2 rings (SSSR count). The summed E-state index contributed by atoms with van der Waals surface area (Å²) in [5.74, 6) is -0.630. The van der Waals surface area contributed by atoms with Gasteiger partial charge in [0.05, 0.1) is 11.1 Å². The summed E-state index contributed by atoms with van der Waals surface area (Å²) < 4.78 is 0.117. The van der Waals surface area contributed by atoms with E-state index in [1.807, 2.05) is 12.1 Å². The molecule has 1 heterocycles. The molecule has 0 aliphatic rings. The van der Waals surface area contributed by atoms with Crippen LogP contribution in [0.4, 0.5) is 5.82 Å². The second-order valence-corrected chi connectivity index (χ2v) is 5.16. The Kier molecular flexibility index (Phi) is 4.23. The number of rotatable bonds is 2. The number of benzene rings is 1. The Bertz CT molecular complexity index is 798. The molecule has 21 heavy (non-hydrogen) atoms. The lowest BCUT2D eigenvalue weighted by atomic mass is 9.96. The van der Waals surface area contributed by atoms with Crippen molar-refractivity contribution in [2.45, 2.75) is 0 Å². The van der Waals surface area contributed by atoms with Crippen molar-refractivity contribution in [2.75, 3.05) is 5.73 Å². The van der Waals surface area contributed by atoms with Gasteiger partial charge in [0.1, 0.15) is 28.1 Å². The number of aromatic nitrogens is 1. The SMILES string of the molecule is N#Cc1c(N)nc(Br)c(C#N)c1C(=O)c1cccc(Cl)c1. The predicted octanol–water partition coefficient (Wildman–Crippen LogP) is 3.05. The number of halogens is 2. The number of anilines is 1. The number of nitrogens with two attached hydrogens (primary N) is 1. The van der Waals surface area contributed by atoms with Crippen LogP contribution in [0, 0.1) is 22.7 Å². The maximum Gasteiger partial charge on any atom is 0.195 e. The first-order valence-electron chi connectivity index (χ1n) is 5.59. The third-order valence-corrected chi connectivity index (χ3v) is 3.53. The minimum Gasteiger partial charge on any atom is -0.383 e. The van der Waals surface area contributed by atoms with E-state index in [0.717, 1.165) is 0 Å². The topological polar surface area (TPSA) is 104 Å². The summed E-state index contributed by atoms with van der Waals surface area (Å²) in [4.78, 5) is 16.4. The van der Waals surface area contributed by atoms with E-state index in [4.69, 9.17) is 17.3 Å². The Hall–Kier alpha value is -2.41. The van der Waals surface area contributed by atoms with Crippen molar-refractivity contribution >= 4 is 39.1 Å². The van der Waals surface area contributed by atoms with Crippen LogP contribution in [0.3, 0.4) is 0 Å². The van der Waals surface area contributed by atoms with Gasteiger partial charge in [0.25, 0.3) is 0 Å². The van der Waals surface area contributed by atoms with Crippen molar-refractivity contribution in [2.24, 2.45) is 0 Å². The average Bonchev–Trinajstić information content (AvgIpc) is 2.46. The van der Waals surface area contributed by atoms with Crippen LogP contribution in [0.5, 0.6) is 0 Å². The zero-order valence-corrected chi connectivity index (χ0v) is 12.7. The maximum absolute atomic E-state index is 12.6. The highest BCUT2D eigenvalue weighted by Crippen LogP contribution is 2.27. The summed E-state index contributed by atoms with van der Waals surface area (Å²) in [6, 6.07) is 9.90. The zero-order valence-electron chi connectivity index (χ0n) is 10.4. The van der Waals surface area contributed by atoms with Crippen molar-refractivity contribution in [3.8, 4) is 12.1 Å². The van der Waals surface area contributed by atoms with E-state index in [1.165, 1.54) is 6.07 Å². The van der Waals surface area contributed by atoms with Gasteiger partial charge in [0, 0.05) is 10.6 Å². The van der Waals surface area contributed by atoms with Gasteiger partial charge in [-0.05, 0) is 28.1 Å². The van der Waals surface area contributed by atoms with Crippen molar-refractivity contribution in [3.05, 3.63) is 56.1 Å². The third kappa shape index (κ3) is 2.73. The molecule has 1 aromatic carbocycles. The number of nitrogen functional groups attached to an aromatic ring is 1. The van der Waals surface area contributed by atoms with Crippen LogP contribution < -0.4 is 5.73 Å². The molecule has 2 aromatic rings. The van der Waals surface area contributed by atoms with Crippen LogP contribution >= 0.6 is 27.5 Å². The number of hydrogen-bond donors (Lipinski definition) is 1. The highest BCUT2D eigenvalue weighted by molar-refractivity contribution is 9.10. The summed E-state index contributed by atoms with van der Waals surface area (Å²) in [6.45, 7) is 0. The fourth-order valence-corrected chi connectivity index (χ4v) is 2.46. The molecular formula is C14H6BrClN4O. The molecule has 0 amide bonds. The van der Waals surface area contributed by atoms with Gasteiger partial charge >= 0.3 is 0 Å². The Morgan fingerprint density at radius 1 is 1.29 bits per heavy atom. The smallest absolute Gasteiger partial charge is 0.195 e. The quantitative estimate of drug-likeness (QED) is 0.654. The minimum absolute atomic E-state index is 0.0364. The van der Waals surface area contributed by atoms with E-state index in [0.29, 0.717) is 5.02 Å². The van der Waals surface area contributed by atoms with Gasteiger partial charge in [-0.3, -0.25) is 4.79 Å². The van der Waals surface area contributed by atoms with Crippen LogP contribution in [0.25, 0.3) is 0 Å². The Balaban J connectivity index is 2.77. The van der Waals surface area contributed by atoms with Crippen LogP contribution in [-0.4, -0.2) is 10.8 Å². The van der Waals surface area contributed by atoms with Crippen molar-refractivity contribution in [1.29, 1.82) is 10.5 Å². The van der Waals surface area contributed by atoms with E-state index < -0.39 is 5.78 Å².